The predicted octanol–water partition coefficient (Wildman–Crippen LogP) is 2.75. The molecule has 23 heavy (non-hydrogen) atoms. The van der Waals surface area contributed by atoms with E-state index in [2.05, 4.69) is 5.32 Å². The third-order valence-corrected chi connectivity index (χ3v) is 4.98. The van der Waals surface area contributed by atoms with Crippen LogP contribution in [-0.4, -0.2) is 27.9 Å². The fourth-order valence-corrected chi connectivity index (χ4v) is 3.57. The number of amides is 1. The van der Waals surface area contributed by atoms with Crippen molar-refractivity contribution in [2.45, 2.75) is 44.6 Å². The number of nitrogens with one attached hydrogen (secondary N) is 1. The van der Waals surface area contributed by atoms with Gasteiger partial charge in [-0.25, -0.2) is 4.79 Å². The van der Waals surface area contributed by atoms with E-state index in [1.807, 2.05) is 0 Å². The highest BCUT2D eigenvalue weighted by Crippen LogP contribution is 2.56. The van der Waals surface area contributed by atoms with E-state index in [0.717, 1.165) is 31.4 Å². The number of hydrogen-bond acceptors (Lipinski definition) is 4. The first-order valence-electron chi connectivity index (χ1n) is 7.75. The van der Waals surface area contributed by atoms with Gasteiger partial charge >= 0.3 is 5.97 Å². The Labute approximate surface area is 132 Å². The molecule has 2 fully saturated rings. The van der Waals surface area contributed by atoms with E-state index in [-0.39, 0.29) is 22.6 Å². The van der Waals surface area contributed by atoms with Gasteiger partial charge in [0, 0.05) is 23.7 Å². The summed E-state index contributed by atoms with van der Waals surface area (Å²) in [5, 5.41) is 22.9. The maximum absolute atomic E-state index is 12.3. The Hall–Kier alpha value is -2.44. The Balaban J connectivity index is 1.77. The van der Waals surface area contributed by atoms with Crippen molar-refractivity contribution in [2.24, 2.45) is 5.41 Å². The molecule has 1 aromatic carbocycles. The van der Waals surface area contributed by atoms with Crippen LogP contribution in [-0.2, 0) is 0 Å². The lowest BCUT2D eigenvalue weighted by atomic mass is 9.86. The van der Waals surface area contributed by atoms with Crippen molar-refractivity contribution in [1.29, 1.82) is 0 Å². The van der Waals surface area contributed by atoms with Crippen molar-refractivity contribution in [3.8, 4) is 0 Å². The zero-order chi connectivity index (χ0) is 16.6. The van der Waals surface area contributed by atoms with Gasteiger partial charge in [0.1, 0.15) is 0 Å². The van der Waals surface area contributed by atoms with Gasteiger partial charge < -0.3 is 10.4 Å². The number of carbonyl (C=O) groups is 2. The van der Waals surface area contributed by atoms with Gasteiger partial charge in [0.05, 0.1) is 10.5 Å². The molecule has 0 aliphatic heterocycles. The van der Waals surface area contributed by atoms with Gasteiger partial charge in [-0.3, -0.25) is 14.9 Å². The molecule has 7 heteroatoms. The highest BCUT2D eigenvalue weighted by Gasteiger charge is 2.54. The molecule has 2 aliphatic rings. The quantitative estimate of drug-likeness (QED) is 0.655. The summed E-state index contributed by atoms with van der Waals surface area (Å²) in [7, 11) is 0. The number of carbonyl (C=O) groups excluding carboxylic acids is 1. The van der Waals surface area contributed by atoms with Crippen molar-refractivity contribution in [3.05, 3.63) is 39.4 Å². The minimum absolute atomic E-state index is 0.0226. The van der Waals surface area contributed by atoms with Crippen LogP contribution in [0.4, 0.5) is 5.69 Å². The van der Waals surface area contributed by atoms with E-state index in [1.54, 1.807) is 0 Å². The number of carboxylic acid groups (broad SMARTS) is 1. The number of carboxylic acids is 1. The molecule has 7 nitrogen and oxygen atoms in total. The van der Waals surface area contributed by atoms with Gasteiger partial charge in [0.15, 0.2) is 0 Å². The number of aromatic carboxylic acids is 1. The van der Waals surface area contributed by atoms with Crippen molar-refractivity contribution in [3.63, 3.8) is 0 Å². The molecule has 2 N–H and O–H groups in total. The third-order valence-electron chi connectivity index (χ3n) is 4.98. The van der Waals surface area contributed by atoms with Crippen LogP contribution in [0.3, 0.4) is 0 Å². The van der Waals surface area contributed by atoms with Crippen LogP contribution in [0.5, 0.6) is 0 Å². The molecule has 0 radical (unpaired) electrons. The molecule has 1 amide bonds. The van der Waals surface area contributed by atoms with Gasteiger partial charge in [-0.2, -0.15) is 0 Å². The van der Waals surface area contributed by atoms with Crippen LogP contribution in [0.15, 0.2) is 18.2 Å². The van der Waals surface area contributed by atoms with Crippen LogP contribution < -0.4 is 5.32 Å². The first-order valence-corrected chi connectivity index (χ1v) is 7.75. The lowest BCUT2D eigenvalue weighted by Crippen LogP contribution is -2.30. The van der Waals surface area contributed by atoms with Crippen LogP contribution in [0, 0.1) is 15.5 Å². The van der Waals surface area contributed by atoms with Gasteiger partial charge in [-0.15, -0.1) is 0 Å². The molecule has 0 bridgehead atoms. The minimum atomic E-state index is -1.29. The first kappa shape index (κ1) is 15.5. The summed E-state index contributed by atoms with van der Waals surface area (Å²) in [5.74, 6) is -1.73. The Kier molecular flexibility index (Phi) is 3.79. The van der Waals surface area contributed by atoms with E-state index < -0.39 is 22.5 Å². The van der Waals surface area contributed by atoms with E-state index in [0.29, 0.717) is 0 Å². The number of rotatable bonds is 4. The largest absolute Gasteiger partial charge is 0.478 e. The van der Waals surface area contributed by atoms with Crippen molar-refractivity contribution >= 4 is 17.6 Å². The molecule has 1 aromatic rings. The normalized spacial score (nSPS) is 21.7. The number of nitro groups is 1. The molecule has 2 saturated carbocycles. The fraction of sp³-hybridized carbons (Fsp3) is 0.500. The van der Waals surface area contributed by atoms with Crippen molar-refractivity contribution in [1.82, 2.24) is 5.32 Å². The SMILES string of the molecule is O=C(O)c1cc(C(=O)NC2CC23CCCCC3)cc([N+](=O)[O-])c1. The summed E-state index contributed by atoms with van der Waals surface area (Å²) in [6.07, 6.45) is 6.73. The summed E-state index contributed by atoms with van der Waals surface area (Å²) < 4.78 is 0. The standard InChI is InChI=1S/C16H18N2O5/c19-14(17-13-9-16(13)4-2-1-3-5-16)10-6-11(15(20)21)8-12(7-10)18(22)23/h6-8,13H,1-5,9H2,(H,17,19)(H,20,21). The molecule has 2 aliphatic carbocycles. The van der Waals surface area contributed by atoms with E-state index >= 15 is 0 Å². The van der Waals surface area contributed by atoms with Gasteiger partial charge in [-0.1, -0.05) is 19.3 Å². The van der Waals surface area contributed by atoms with Gasteiger partial charge in [0.25, 0.3) is 11.6 Å². The predicted molar refractivity (Wildman–Crippen MR) is 81.4 cm³/mol. The Morgan fingerprint density at radius 2 is 1.83 bits per heavy atom. The number of non-ortho nitro benzene ring substituents is 1. The number of benzene rings is 1. The molecular weight excluding hydrogens is 300 g/mol. The second-order valence-electron chi connectivity index (χ2n) is 6.48. The Morgan fingerprint density at radius 1 is 1.17 bits per heavy atom. The number of hydrogen-bond donors (Lipinski definition) is 2. The summed E-state index contributed by atoms with van der Waals surface area (Å²) >= 11 is 0. The zero-order valence-corrected chi connectivity index (χ0v) is 12.6. The number of nitro benzene ring substituents is 1. The Bertz CT molecular complexity index is 647. The van der Waals surface area contributed by atoms with Crippen molar-refractivity contribution < 1.29 is 19.6 Å². The summed E-state index contributed by atoms with van der Waals surface area (Å²) in [4.78, 5) is 33.6. The van der Waals surface area contributed by atoms with E-state index in [9.17, 15) is 19.7 Å². The average Bonchev–Trinajstić information content (AvgIpc) is 3.18. The van der Waals surface area contributed by atoms with E-state index in [4.69, 9.17) is 5.11 Å². The topological polar surface area (TPSA) is 110 Å². The second-order valence-corrected chi connectivity index (χ2v) is 6.48. The van der Waals surface area contributed by atoms with Crippen LogP contribution in [0.2, 0.25) is 0 Å². The molecule has 1 unspecified atom stereocenters. The minimum Gasteiger partial charge on any atom is -0.478 e. The lowest BCUT2D eigenvalue weighted by Gasteiger charge is -2.22. The van der Waals surface area contributed by atoms with Crippen molar-refractivity contribution in [2.75, 3.05) is 0 Å². The second kappa shape index (κ2) is 5.64. The highest BCUT2D eigenvalue weighted by atomic mass is 16.6. The summed E-state index contributed by atoms with van der Waals surface area (Å²) in [6.45, 7) is 0. The Morgan fingerprint density at radius 3 is 2.43 bits per heavy atom. The van der Waals surface area contributed by atoms with Gasteiger partial charge in [0.2, 0.25) is 0 Å². The lowest BCUT2D eigenvalue weighted by molar-refractivity contribution is -0.384. The average molecular weight is 318 g/mol. The fourth-order valence-electron chi connectivity index (χ4n) is 3.57. The molecule has 122 valence electrons. The molecule has 0 heterocycles. The van der Waals surface area contributed by atoms with Gasteiger partial charge in [-0.05, 0) is 30.7 Å². The molecule has 0 saturated heterocycles. The molecule has 1 atom stereocenters. The summed E-state index contributed by atoms with van der Waals surface area (Å²) in [5.41, 5.74) is -0.426. The van der Waals surface area contributed by atoms with Crippen LogP contribution >= 0.6 is 0 Å². The molecule has 0 aromatic heterocycles. The maximum Gasteiger partial charge on any atom is 0.335 e. The van der Waals surface area contributed by atoms with E-state index in [1.165, 1.54) is 25.3 Å². The smallest absolute Gasteiger partial charge is 0.335 e. The summed E-state index contributed by atoms with van der Waals surface area (Å²) in [6, 6.07) is 3.36. The maximum atomic E-state index is 12.3. The first-order chi connectivity index (χ1) is 10.9. The zero-order valence-electron chi connectivity index (χ0n) is 12.6. The highest BCUT2D eigenvalue weighted by molar-refractivity contribution is 5.98. The van der Waals surface area contributed by atoms with Crippen LogP contribution in [0.25, 0.3) is 0 Å². The van der Waals surface area contributed by atoms with Crippen LogP contribution in [0.1, 0.15) is 59.2 Å². The molecular formula is C16H18N2O5. The number of nitrogens with zero attached hydrogens (tertiary/aromatic N) is 1. The third kappa shape index (κ3) is 3.04. The molecule has 1 spiro atoms. The molecule has 3 rings (SSSR count). The monoisotopic (exact) mass is 318 g/mol.